The van der Waals surface area contributed by atoms with Gasteiger partial charge in [-0.25, -0.2) is 9.97 Å². The summed E-state index contributed by atoms with van der Waals surface area (Å²) in [4.78, 5) is 8.56. The molecule has 0 atom stereocenters. The lowest BCUT2D eigenvalue weighted by Gasteiger charge is -2.12. The van der Waals surface area contributed by atoms with Crippen LogP contribution < -0.4 is 5.73 Å². The van der Waals surface area contributed by atoms with Crippen LogP contribution in [-0.2, 0) is 0 Å². The van der Waals surface area contributed by atoms with E-state index in [2.05, 4.69) is 58.8 Å². The Bertz CT molecular complexity index is 1100. The highest BCUT2D eigenvalue weighted by molar-refractivity contribution is 5.90. The Balaban J connectivity index is 1.91. The summed E-state index contributed by atoms with van der Waals surface area (Å²) in [7, 11) is 0. The fourth-order valence-corrected chi connectivity index (χ4v) is 3.27. The highest BCUT2D eigenvalue weighted by Crippen LogP contribution is 2.36. The standard InChI is InChI=1S/C21H20N4O/c1-13(2)25-10-9-15-11-14(7-8-18(15)25)17-12-23-21(22)24-20(17)16-5-3-4-6-19(16)26/h3-13,26H,1-2H3,(H2,22,23,24). The smallest absolute Gasteiger partial charge is 0.220 e. The third-order valence-corrected chi connectivity index (χ3v) is 4.55. The molecule has 0 saturated carbocycles. The molecule has 2 aromatic heterocycles. The number of nitrogens with two attached hydrogens (primary N) is 1. The molecular formula is C21H20N4O. The summed E-state index contributed by atoms with van der Waals surface area (Å²) in [6, 6.07) is 15.9. The number of rotatable bonds is 3. The van der Waals surface area contributed by atoms with Gasteiger partial charge in [-0.15, -0.1) is 0 Å². The van der Waals surface area contributed by atoms with Crippen LogP contribution in [-0.4, -0.2) is 19.6 Å². The number of nitrogens with zero attached hydrogens (tertiary/aromatic N) is 3. The maximum atomic E-state index is 10.3. The van der Waals surface area contributed by atoms with Crippen LogP contribution in [0.15, 0.2) is 60.9 Å². The van der Waals surface area contributed by atoms with E-state index < -0.39 is 0 Å². The van der Waals surface area contributed by atoms with Crippen LogP contribution in [0, 0.1) is 0 Å². The third kappa shape index (κ3) is 2.67. The highest BCUT2D eigenvalue weighted by Gasteiger charge is 2.15. The minimum absolute atomic E-state index is 0.166. The van der Waals surface area contributed by atoms with Crippen molar-refractivity contribution >= 4 is 16.9 Å². The van der Waals surface area contributed by atoms with Crippen LogP contribution in [0.5, 0.6) is 5.75 Å². The topological polar surface area (TPSA) is 77.0 Å². The lowest BCUT2D eigenvalue weighted by Crippen LogP contribution is -1.99. The van der Waals surface area contributed by atoms with Gasteiger partial charge in [-0.1, -0.05) is 18.2 Å². The molecule has 2 aromatic carbocycles. The molecule has 0 spiro atoms. The Labute approximate surface area is 151 Å². The van der Waals surface area contributed by atoms with Crippen molar-refractivity contribution in [1.29, 1.82) is 0 Å². The summed E-state index contributed by atoms with van der Waals surface area (Å²) in [6.07, 6.45) is 3.81. The lowest BCUT2D eigenvalue weighted by atomic mass is 9.99. The summed E-state index contributed by atoms with van der Waals surface area (Å²) in [5.74, 6) is 0.345. The molecule has 0 aliphatic heterocycles. The summed E-state index contributed by atoms with van der Waals surface area (Å²) < 4.78 is 2.24. The van der Waals surface area contributed by atoms with Gasteiger partial charge in [0.2, 0.25) is 5.95 Å². The largest absolute Gasteiger partial charge is 0.507 e. The van der Waals surface area contributed by atoms with Gasteiger partial charge in [0.15, 0.2) is 0 Å². The molecule has 5 nitrogen and oxygen atoms in total. The van der Waals surface area contributed by atoms with Crippen molar-refractivity contribution in [2.24, 2.45) is 0 Å². The summed E-state index contributed by atoms with van der Waals surface area (Å²) in [6.45, 7) is 4.33. The molecule has 0 amide bonds. The van der Waals surface area contributed by atoms with E-state index in [1.165, 1.54) is 5.52 Å². The summed E-state index contributed by atoms with van der Waals surface area (Å²) in [5.41, 5.74) is 10.1. The molecule has 0 unspecified atom stereocenters. The quantitative estimate of drug-likeness (QED) is 0.568. The van der Waals surface area contributed by atoms with Gasteiger partial charge < -0.3 is 15.4 Å². The number of hydrogen-bond acceptors (Lipinski definition) is 4. The first-order valence-electron chi connectivity index (χ1n) is 8.56. The second-order valence-corrected chi connectivity index (χ2v) is 6.60. The molecular weight excluding hydrogens is 324 g/mol. The van der Waals surface area contributed by atoms with Gasteiger partial charge in [0.25, 0.3) is 0 Å². The molecule has 0 aliphatic carbocycles. The maximum Gasteiger partial charge on any atom is 0.220 e. The molecule has 3 N–H and O–H groups in total. The second-order valence-electron chi connectivity index (χ2n) is 6.60. The van der Waals surface area contributed by atoms with E-state index in [1.54, 1.807) is 18.3 Å². The number of hydrogen-bond donors (Lipinski definition) is 2. The third-order valence-electron chi connectivity index (χ3n) is 4.55. The van der Waals surface area contributed by atoms with Gasteiger partial charge in [-0.05, 0) is 49.7 Å². The SMILES string of the molecule is CC(C)n1ccc2cc(-c3cnc(N)nc3-c3ccccc3O)ccc21. The van der Waals surface area contributed by atoms with Crippen LogP contribution in [0.25, 0.3) is 33.3 Å². The average molecular weight is 344 g/mol. The number of fused-ring (bicyclic) bond motifs is 1. The zero-order chi connectivity index (χ0) is 18.3. The van der Waals surface area contributed by atoms with E-state index in [-0.39, 0.29) is 11.7 Å². The van der Waals surface area contributed by atoms with Crippen molar-refractivity contribution in [3.63, 3.8) is 0 Å². The van der Waals surface area contributed by atoms with Gasteiger partial charge in [0.05, 0.1) is 5.69 Å². The van der Waals surface area contributed by atoms with Crippen molar-refractivity contribution in [1.82, 2.24) is 14.5 Å². The minimum atomic E-state index is 0.166. The first kappa shape index (κ1) is 16.1. The molecule has 4 rings (SSSR count). The van der Waals surface area contributed by atoms with Gasteiger partial charge in [-0.2, -0.15) is 0 Å². The van der Waals surface area contributed by atoms with E-state index in [0.29, 0.717) is 17.3 Å². The Morgan fingerprint density at radius 2 is 1.85 bits per heavy atom. The zero-order valence-electron chi connectivity index (χ0n) is 14.7. The molecule has 130 valence electrons. The van der Waals surface area contributed by atoms with Gasteiger partial charge >= 0.3 is 0 Å². The van der Waals surface area contributed by atoms with E-state index in [1.807, 2.05) is 12.1 Å². The first-order valence-corrected chi connectivity index (χ1v) is 8.56. The molecule has 5 heteroatoms. The van der Waals surface area contributed by atoms with Crippen molar-refractivity contribution < 1.29 is 5.11 Å². The summed E-state index contributed by atoms with van der Waals surface area (Å²) >= 11 is 0. The van der Waals surface area contributed by atoms with Crippen LogP contribution >= 0.6 is 0 Å². The molecule has 26 heavy (non-hydrogen) atoms. The zero-order valence-corrected chi connectivity index (χ0v) is 14.7. The Hall–Kier alpha value is -3.34. The normalized spacial score (nSPS) is 11.3. The highest BCUT2D eigenvalue weighted by atomic mass is 16.3. The van der Waals surface area contributed by atoms with Crippen LogP contribution in [0.1, 0.15) is 19.9 Å². The Kier molecular flexibility index (Phi) is 3.84. The number of nitrogen functional groups attached to an aromatic ring is 1. The second kappa shape index (κ2) is 6.19. The van der Waals surface area contributed by atoms with E-state index in [4.69, 9.17) is 5.73 Å². The van der Waals surface area contributed by atoms with Crippen molar-refractivity contribution in [2.45, 2.75) is 19.9 Å². The fourth-order valence-electron chi connectivity index (χ4n) is 3.27. The molecule has 2 heterocycles. The van der Waals surface area contributed by atoms with Crippen LogP contribution in [0.3, 0.4) is 0 Å². The predicted molar refractivity (Wildman–Crippen MR) is 105 cm³/mol. The van der Waals surface area contributed by atoms with E-state index >= 15 is 0 Å². The van der Waals surface area contributed by atoms with Crippen molar-refractivity contribution in [3.05, 3.63) is 60.9 Å². The van der Waals surface area contributed by atoms with Crippen molar-refractivity contribution in [3.8, 4) is 28.1 Å². The number of anilines is 1. The molecule has 0 fully saturated rings. The van der Waals surface area contributed by atoms with E-state index in [0.717, 1.165) is 16.5 Å². The van der Waals surface area contributed by atoms with Gasteiger partial charge in [-0.3, -0.25) is 0 Å². The van der Waals surface area contributed by atoms with Gasteiger partial charge in [0, 0.05) is 40.5 Å². The van der Waals surface area contributed by atoms with Crippen molar-refractivity contribution in [2.75, 3.05) is 5.73 Å². The van der Waals surface area contributed by atoms with E-state index in [9.17, 15) is 5.11 Å². The molecule has 0 radical (unpaired) electrons. The minimum Gasteiger partial charge on any atom is -0.507 e. The number of aromatic nitrogens is 3. The number of para-hydroxylation sites is 1. The number of phenolic OH excluding ortho intramolecular Hbond substituents is 1. The maximum absolute atomic E-state index is 10.3. The summed E-state index contributed by atoms with van der Waals surface area (Å²) in [5, 5.41) is 11.4. The average Bonchev–Trinajstić information content (AvgIpc) is 3.05. The number of benzene rings is 2. The van der Waals surface area contributed by atoms with Crippen LogP contribution in [0.2, 0.25) is 0 Å². The number of aromatic hydroxyl groups is 1. The van der Waals surface area contributed by atoms with Gasteiger partial charge in [0.1, 0.15) is 5.75 Å². The fraction of sp³-hybridized carbons (Fsp3) is 0.143. The van der Waals surface area contributed by atoms with Crippen LogP contribution in [0.4, 0.5) is 5.95 Å². The molecule has 0 saturated heterocycles. The molecule has 0 bridgehead atoms. The monoisotopic (exact) mass is 344 g/mol. The molecule has 0 aliphatic rings. The lowest BCUT2D eigenvalue weighted by molar-refractivity contribution is 0.477. The predicted octanol–water partition coefficient (Wildman–Crippen LogP) is 4.63. The Morgan fingerprint density at radius 3 is 2.62 bits per heavy atom. The number of phenols is 1. The first-order chi connectivity index (χ1) is 12.5. The Morgan fingerprint density at radius 1 is 1.04 bits per heavy atom. The molecule has 4 aromatic rings.